The van der Waals surface area contributed by atoms with Gasteiger partial charge < -0.3 is 5.32 Å². The van der Waals surface area contributed by atoms with Crippen molar-refractivity contribution < 1.29 is 4.79 Å². The molecule has 0 saturated carbocycles. The number of hydrogen-bond donors (Lipinski definition) is 1. The lowest BCUT2D eigenvalue weighted by molar-refractivity contribution is 0.0943. The molecule has 0 aliphatic carbocycles. The summed E-state index contributed by atoms with van der Waals surface area (Å²) in [5, 5.41) is 7.24. The van der Waals surface area contributed by atoms with Crippen LogP contribution in [-0.2, 0) is 4.79 Å². The molecule has 0 aromatic rings. The van der Waals surface area contributed by atoms with Gasteiger partial charge in [0.2, 0.25) is 0 Å². The van der Waals surface area contributed by atoms with Gasteiger partial charge in [0.1, 0.15) is 0 Å². The van der Waals surface area contributed by atoms with Crippen LogP contribution in [0.25, 0.3) is 0 Å². The van der Waals surface area contributed by atoms with Crippen LogP contribution in [0.1, 0.15) is 0 Å². The normalized spacial score (nSPS) is 17.1. The number of nitrogens with one attached hydrogen (secondary N) is 1. The summed E-state index contributed by atoms with van der Waals surface area (Å²) < 4.78 is 0. The van der Waals surface area contributed by atoms with Gasteiger partial charge in [0.15, 0.2) is 12.5 Å². The Hall–Kier alpha value is -1.19. The van der Waals surface area contributed by atoms with Gasteiger partial charge in [-0.2, -0.15) is 0 Å². The van der Waals surface area contributed by atoms with Crippen molar-refractivity contribution in [2.75, 3.05) is 32.7 Å². The summed E-state index contributed by atoms with van der Waals surface area (Å²) in [6, 6.07) is 0. The van der Waals surface area contributed by atoms with Crippen molar-refractivity contribution in [2.24, 2.45) is 0 Å². The lowest BCUT2D eigenvalue weighted by atomic mass is 10.3. The van der Waals surface area contributed by atoms with E-state index in [1.165, 1.54) is 6.08 Å². The second kappa shape index (κ2) is 6.32. The first-order valence-electron chi connectivity index (χ1n) is 5.05. The molecule has 1 aliphatic rings. The van der Waals surface area contributed by atoms with Crippen LogP contribution in [0, 0.1) is 0 Å². The molecular weight excluding hydrogens is 190 g/mol. The molecular formula is C11H17N3O+. The van der Waals surface area contributed by atoms with Crippen LogP contribution in [0.15, 0.2) is 31.0 Å². The number of hydrazine groups is 1. The van der Waals surface area contributed by atoms with Gasteiger partial charge in [-0.1, -0.05) is 18.2 Å². The SMILES string of the molecule is C=CC[N+](C(=C=O)C=C)N1CCNCC1. The Balaban J connectivity index is 2.74. The smallest absolute Gasteiger partial charge is 0.286 e. The zero-order chi connectivity index (χ0) is 11.1. The molecule has 1 saturated heterocycles. The predicted octanol–water partition coefficient (Wildman–Crippen LogP) is 0.0342. The number of allylic oxidation sites excluding steroid dienone is 1. The van der Waals surface area contributed by atoms with Crippen molar-refractivity contribution in [3.05, 3.63) is 31.0 Å². The summed E-state index contributed by atoms with van der Waals surface area (Å²) in [4.78, 5) is 10.7. The van der Waals surface area contributed by atoms with Crippen molar-refractivity contribution in [1.29, 1.82) is 0 Å². The molecule has 1 aliphatic heterocycles. The monoisotopic (exact) mass is 207 g/mol. The maximum absolute atomic E-state index is 10.7. The first-order chi connectivity index (χ1) is 7.33. The second-order valence-corrected chi connectivity index (χ2v) is 3.27. The first-order valence-corrected chi connectivity index (χ1v) is 5.05. The lowest BCUT2D eigenvalue weighted by Gasteiger charge is -2.26. The van der Waals surface area contributed by atoms with E-state index in [2.05, 4.69) is 23.5 Å². The molecule has 1 radical (unpaired) electrons. The Kier molecular flexibility index (Phi) is 5.01. The van der Waals surface area contributed by atoms with Gasteiger partial charge in [0.25, 0.3) is 5.70 Å². The summed E-state index contributed by atoms with van der Waals surface area (Å²) in [7, 11) is 0. The Morgan fingerprint density at radius 3 is 2.60 bits per heavy atom. The Morgan fingerprint density at radius 1 is 1.47 bits per heavy atom. The third kappa shape index (κ3) is 3.15. The van der Waals surface area contributed by atoms with Gasteiger partial charge in [-0.15, -0.1) is 0 Å². The van der Waals surface area contributed by atoms with Crippen LogP contribution in [0.2, 0.25) is 0 Å². The summed E-state index contributed by atoms with van der Waals surface area (Å²) in [6.07, 6.45) is 3.29. The van der Waals surface area contributed by atoms with Crippen molar-refractivity contribution in [2.45, 2.75) is 0 Å². The number of nitrogens with zero attached hydrogens (tertiary/aromatic N) is 2. The van der Waals surface area contributed by atoms with E-state index in [1.807, 2.05) is 11.0 Å². The maximum atomic E-state index is 10.7. The zero-order valence-corrected chi connectivity index (χ0v) is 8.91. The van der Waals surface area contributed by atoms with Gasteiger partial charge in [-0.25, -0.2) is 4.79 Å². The predicted molar refractivity (Wildman–Crippen MR) is 61.0 cm³/mol. The largest absolute Gasteiger partial charge is 0.314 e. The van der Waals surface area contributed by atoms with E-state index in [1.54, 1.807) is 6.08 Å². The minimum absolute atomic E-state index is 0.469. The van der Waals surface area contributed by atoms with Crippen molar-refractivity contribution in [1.82, 2.24) is 15.3 Å². The van der Waals surface area contributed by atoms with Crippen LogP contribution in [-0.4, -0.2) is 43.7 Å². The molecule has 0 bridgehead atoms. The molecule has 1 heterocycles. The molecule has 1 rings (SSSR count). The summed E-state index contributed by atoms with van der Waals surface area (Å²) in [5.74, 6) is 1.90. The van der Waals surface area contributed by atoms with Crippen LogP contribution in [0.5, 0.6) is 0 Å². The van der Waals surface area contributed by atoms with Crippen LogP contribution in [0.3, 0.4) is 0 Å². The Labute approximate surface area is 90.5 Å². The van der Waals surface area contributed by atoms with E-state index in [-0.39, 0.29) is 0 Å². The molecule has 4 nitrogen and oxygen atoms in total. The number of carbonyl (C=O) groups excluding carboxylic acids is 1. The molecule has 81 valence electrons. The molecule has 0 amide bonds. The van der Waals surface area contributed by atoms with Gasteiger partial charge in [-0.05, 0) is 11.1 Å². The Bertz CT molecular complexity index is 276. The lowest BCUT2D eigenvalue weighted by Crippen LogP contribution is -2.55. The summed E-state index contributed by atoms with van der Waals surface area (Å²) >= 11 is 0. The molecule has 15 heavy (non-hydrogen) atoms. The molecule has 0 atom stereocenters. The van der Waals surface area contributed by atoms with E-state index in [0.717, 1.165) is 26.2 Å². The fourth-order valence-electron chi connectivity index (χ4n) is 1.58. The quantitative estimate of drug-likeness (QED) is 0.299. The number of piperazine rings is 1. The van der Waals surface area contributed by atoms with Crippen molar-refractivity contribution in [3.63, 3.8) is 0 Å². The average molecular weight is 207 g/mol. The minimum Gasteiger partial charge on any atom is -0.314 e. The minimum atomic E-state index is 0.469. The van der Waals surface area contributed by atoms with Crippen LogP contribution >= 0.6 is 0 Å². The standard InChI is InChI=1S/C11H17N3O/c1-3-7-14(11(4-2)10-15)13-8-5-12-6-9-13/h3-4,12H,1-2,5-9H2/q+1. The van der Waals surface area contributed by atoms with Gasteiger partial charge in [0.05, 0.1) is 13.1 Å². The Morgan fingerprint density at radius 2 is 2.13 bits per heavy atom. The molecule has 0 unspecified atom stereocenters. The molecule has 4 heteroatoms. The van der Waals surface area contributed by atoms with Crippen LogP contribution in [0.4, 0.5) is 0 Å². The topological polar surface area (TPSA) is 38.2 Å². The summed E-state index contributed by atoms with van der Waals surface area (Å²) in [6.45, 7) is 11.5. The van der Waals surface area contributed by atoms with E-state index < -0.39 is 0 Å². The van der Waals surface area contributed by atoms with E-state index in [4.69, 9.17) is 0 Å². The molecule has 1 fully saturated rings. The third-order valence-electron chi connectivity index (χ3n) is 2.31. The van der Waals surface area contributed by atoms with Crippen LogP contribution < -0.4 is 10.3 Å². The van der Waals surface area contributed by atoms with Gasteiger partial charge in [0, 0.05) is 19.2 Å². The van der Waals surface area contributed by atoms with Crippen molar-refractivity contribution in [3.8, 4) is 0 Å². The number of hydrogen-bond acceptors (Lipinski definition) is 4. The van der Waals surface area contributed by atoms with Gasteiger partial charge in [-0.3, -0.25) is 0 Å². The highest BCUT2D eigenvalue weighted by atomic mass is 16.1. The first kappa shape index (κ1) is 11.9. The van der Waals surface area contributed by atoms with Crippen molar-refractivity contribution >= 4 is 5.94 Å². The zero-order valence-electron chi connectivity index (χ0n) is 8.91. The van der Waals surface area contributed by atoms with Gasteiger partial charge >= 0.3 is 0 Å². The maximum Gasteiger partial charge on any atom is 0.286 e. The second-order valence-electron chi connectivity index (χ2n) is 3.27. The van der Waals surface area contributed by atoms with E-state index in [0.29, 0.717) is 12.2 Å². The third-order valence-corrected chi connectivity index (χ3v) is 2.31. The molecule has 0 aromatic heterocycles. The molecule has 1 N–H and O–H groups in total. The summed E-state index contributed by atoms with van der Waals surface area (Å²) in [5.41, 5.74) is 0.469. The van der Waals surface area contributed by atoms with E-state index in [9.17, 15) is 4.79 Å². The highest BCUT2D eigenvalue weighted by Crippen LogP contribution is 2.04. The van der Waals surface area contributed by atoms with E-state index >= 15 is 0 Å². The highest BCUT2D eigenvalue weighted by Gasteiger charge is 2.30. The fourth-order valence-corrected chi connectivity index (χ4v) is 1.58. The highest BCUT2D eigenvalue weighted by molar-refractivity contribution is 5.56. The fraction of sp³-hybridized carbons (Fsp3) is 0.455. The number of rotatable bonds is 5. The average Bonchev–Trinajstić information content (AvgIpc) is 2.30. The molecule has 0 spiro atoms. The molecule has 0 aromatic carbocycles.